The lowest BCUT2D eigenvalue weighted by Gasteiger charge is -2.30. The van der Waals surface area contributed by atoms with E-state index in [9.17, 15) is 0 Å². The van der Waals surface area contributed by atoms with Gasteiger partial charge in [-0.2, -0.15) is 0 Å². The van der Waals surface area contributed by atoms with Crippen LogP contribution in [-0.4, -0.2) is 36.2 Å². The Bertz CT molecular complexity index is 110. The van der Waals surface area contributed by atoms with Crippen LogP contribution in [0.15, 0.2) is 0 Å². The van der Waals surface area contributed by atoms with E-state index in [1.807, 2.05) is 6.92 Å². The monoisotopic (exact) mass is 157 g/mol. The van der Waals surface area contributed by atoms with Crippen LogP contribution < -0.4 is 0 Å². The van der Waals surface area contributed by atoms with Crippen molar-refractivity contribution in [2.45, 2.75) is 32.3 Å². The van der Waals surface area contributed by atoms with Gasteiger partial charge in [0.15, 0.2) is 0 Å². The first-order valence-electron chi connectivity index (χ1n) is 4.55. The Kier molecular flexibility index (Phi) is 3.34. The van der Waals surface area contributed by atoms with Crippen LogP contribution in [0.4, 0.5) is 0 Å². The predicted octanol–water partition coefficient (Wildman–Crippen LogP) is 1.10. The molecule has 0 amide bonds. The van der Waals surface area contributed by atoms with E-state index in [4.69, 9.17) is 5.11 Å². The second-order valence-corrected chi connectivity index (χ2v) is 3.87. The average molecular weight is 157 g/mol. The van der Waals surface area contributed by atoms with Gasteiger partial charge in [-0.05, 0) is 32.7 Å². The minimum Gasteiger partial charge on any atom is -0.392 e. The van der Waals surface area contributed by atoms with Crippen molar-refractivity contribution in [2.75, 3.05) is 20.1 Å². The van der Waals surface area contributed by atoms with Crippen molar-refractivity contribution in [1.29, 1.82) is 0 Å². The zero-order chi connectivity index (χ0) is 8.27. The molecule has 66 valence electrons. The first kappa shape index (κ1) is 9.01. The molecule has 1 rings (SSSR count). The molecule has 0 unspecified atom stereocenters. The largest absolute Gasteiger partial charge is 0.392 e. The Hall–Kier alpha value is -0.0800. The molecule has 11 heavy (non-hydrogen) atoms. The number of aliphatic hydroxyl groups is 1. The molecule has 1 saturated carbocycles. The smallest absolute Gasteiger partial charge is 0.0638 e. The maximum atomic E-state index is 9.08. The van der Waals surface area contributed by atoms with E-state index in [1.165, 1.54) is 25.8 Å². The summed E-state index contributed by atoms with van der Waals surface area (Å²) in [7, 11) is 2.09. The Morgan fingerprint density at radius 3 is 2.55 bits per heavy atom. The third-order valence-electron chi connectivity index (χ3n) is 2.37. The average Bonchev–Trinajstić information content (AvgIpc) is 1.77. The second kappa shape index (κ2) is 4.07. The summed E-state index contributed by atoms with van der Waals surface area (Å²) in [5.74, 6) is 0.916. The van der Waals surface area contributed by atoms with E-state index < -0.39 is 0 Å². The highest BCUT2D eigenvalue weighted by molar-refractivity contribution is 4.72. The minimum absolute atomic E-state index is 0.180. The molecule has 1 N–H and O–H groups in total. The molecule has 0 aromatic rings. The van der Waals surface area contributed by atoms with Crippen molar-refractivity contribution in [3.05, 3.63) is 0 Å². The highest BCUT2D eigenvalue weighted by Crippen LogP contribution is 2.26. The molecule has 0 heterocycles. The van der Waals surface area contributed by atoms with Gasteiger partial charge in [-0.15, -0.1) is 0 Å². The first-order valence-corrected chi connectivity index (χ1v) is 4.55. The number of hydrogen-bond donors (Lipinski definition) is 1. The zero-order valence-corrected chi connectivity index (χ0v) is 7.58. The van der Waals surface area contributed by atoms with E-state index in [-0.39, 0.29) is 6.10 Å². The van der Waals surface area contributed by atoms with E-state index >= 15 is 0 Å². The molecule has 0 radical (unpaired) electrons. The molecule has 2 nitrogen and oxygen atoms in total. The van der Waals surface area contributed by atoms with Crippen LogP contribution in [-0.2, 0) is 0 Å². The highest BCUT2D eigenvalue weighted by Gasteiger charge is 2.19. The number of aliphatic hydroxyl groups excluding tert-OH is 1. The van der Waals surface area contributed by atoms with E-state index in [2.05, 4.69) is 11.9 Å². The lowest BCUT2D eigenvalue weighted by molar-refractivity contribution is 0.118. The minimum atomic E-state index is -0.180. The summed E-state index contributed by atoms with van der Waals surface area (Å²) in [6, 6.07) is 0. The van der Waals surface area contributed by atoms with E-state index in [1.54, 1.807) is 0 Å². The lowest BCUT2D eigenvalue weighted by Crippen LogP contribution is -2.34. The van der Waals surface area contributed by atoms with Gasteiger partial charge in [0.1, 0.15) is 0 Å². The molecular formula is C9H19NO. The summed E-state index contributed by atoms with van der Waals surface area (Å²) < 4.78 is 0. The van der Waals surface area contributed by atoms with Gasteiger partial charge in [-0.25, -0.2) is 0 Å². The number of rotatable bonds is 4. The third-order valence-corrected chi connectivity index (χ3v) is 2.37. The van der Waals surface area contributed by atoms with Crippen molar-refractivity contribution in [1.82, 2.24) is 4.90 Å². The van der Waals surface area contributed by atoms with Gasteiger partial charge in [-0.3, -0.25) is 0 Å². The molecule has 0 aliphatic heterocycles. The fourth-order valence-electron chi connectivity index (χ4n) is 1.64. The van der Waals surface area contributed by atoms with Crippen LogP contribution in [0.2, 0.25) is 0 Å². The van der Waals surface area contributed by atoms with Crippen molar-refractivity contribution < 1.29 is 5.11 Å². The molecule has 0 saturated heterocycles. The molecule has 2 heteroatoms. The fourth-order valence-corrected chi connectivity index (χ4v) is 1.64. The molecule has 1 aliphatic rings. The first-order chi connectivity index (χ1) is 5.18. The van der Waals surface area contributed by atoms with Crippen LogP contribution in [0.5, 0.6) is 0 Å². The van der Waals surface area contributed by atoms with Gasteiger partial charge in [0.05, 0.1) is 6.10 Å². The lowest BCUT2D eigenvalue weighted by atomic mass is 9.85. The van der Waals surface area contributed by atoms with Crippen molar-refractivity contribution in [3.8, 4) is 0 Å². The van der Waals surface area contributed by atoms with E-state index in [0.717, 1.165) is 12.5 Å². The highest BCUT2D eigenvalue weighted by atomic mass is 16.3. The van der Waals surface area contributed by atoms with Crippen molar-refractivity contribution in [3.63, 3.8) is 0 Å². The Morgan fingerprint density at radius 1 is 1.55 bits per heavy atom. The molecule has 0 bridgehead atoms. The predicted molar refractivity (Wildman–Crippen MR) is 46.5 cm³/mol. The third kappa shape index (κ3) is 3.21. The number of hydrogen-bond acceptors (Lipinski definition) is 2. The fraction of sp³-hybridized carbons (Fsp3) is 1.00. The van der Waals surface area contributed by atoms with Gasteiger partial charge in [0, 0.05) is 13.1 Å². The van der Waals surface area contributed by atoms with Gasteiger partial charge in [-0.1, -0.05) is 6.42 Å². The molecule has 0 aromatic carbocycles. The van der Waals surface area contributed by atoms with Crippen molar-refractivity contribution >= 4 is 0 Å². The van der Waals surface area contributed by atoms with E-state index in [0.29, 0.717) is 0 Å². The summed E-state index contributed by atoms with van der Waals surface area (Å²) in [5.41, 5.74) is 0. The normalized spacial score (nSPS) is 21.8. The molecule has 1 atom stereocenters. The zero-order valence-electron chi connectivity index (χ0n) is 7.58. The summed E-state index contributed by atoms with van der Waals surface area (Å²) in [4.78, 5) is 2.23. The van der Waals surface area contributed by atoms with Crippen molar-refractivity contribution in [2.24, 2.45) is 5.92 Å². The van der Waals surface area contributed by atoms with Gasteiger partial charge in [0.2, 0.25) is 0 Å². The molecule has 1 aliphatic carbocycles. The Labute approximate surface area is 69.2 Å². The molecular weight excluding hydrogens is 138 g/mol. The van der Waals surface area contributed by atoms with Crippen LogP contribution in [0.1, 0.15) is 26.2 Å². The van der Waals surface area contributed by atoms with Crippen LogP contribution in [0.25, 0.3) is 0 Å². The maximum Gasteiger partial charge on any atom is 0.0638 e. The summed E-state index contributed by atoms with van der Waals surface area (Å²) in [5, 5.41) is 9.08. The Balaban J connectivity index is 2.04. The van der Waals surface area contributed by atoms with Gasteiger partial charge in [0.25, 0.3) is 0 Å². The topological polar surface area (TPSA) is 23.5 Å². The maximum absolute atomic E-state index is 9.08. The quantitative estimate of drug-likeness (QED) is 0.660. The van der Waals surface area contributed by atoms with Gasteiger partial charge < -0.3 is 10.0 Å². The Morgan fingerprint density at radius 2 is 2.18 bits per heavy atom. The number of nitrogens with zero attached hydrogens (tertiary/aromatic N) is 1. The summed E-state index contributed by atoms with van der Waals surface area (Å²) in [6.45, 7) is 3.83. The molecule has 0 spiro atoms. The van der Waals surface area contributed by atoms with Crippen LogP contribution >= 0.6 is 0 Å². The summed E-state index contributed by atoms with van der Waals surface area (Å²) >= 11 is 0. The second-order valence-electron chi connectivity index (χ2n) is 3.87. The number of likely N-dealkylation sites (N-methyl/N-ethyl adjacent to an activating group) is 1. The van der Waals surface area contributed by atoms with Crippen LogP contribution in [0, 0.1) is 5.92 Å². The SMILES string of the molecule is C[C@@H](O)CN(C)CC1CCC1. The van der Waals surface area contributed by atoms with Gasteiger partial charge >= 0.3 is 0 Å². The standard InChI is InChI=1S/C9H19NO/c1-8(11)6-10(2)7-9-4-3-5-9/h8-9,11H,3-7H2,1-2H3/t8-/m1/s1. The molecule has 1 fully saturated rings. The molecule has 0 aromatic heterocycles. The van der Waals surface area contributed by atoms with Crippen LogP contribution in [0.3, 0.4) is 0 Å². The summed E-state index contributed by atoms with van der Waals surface area (Å²) in [6.07, 6.45) is 4.02.